The fourth-order valence-electron chi connectivity index (χ4n) is 2.73. The summed E-state index contributed by atoms with van der Waals surface area (Å²) in [4.78, 5) is 0. The fraction of sp³-hybridized carbons (Fsp3) is 0.846. The van der Waals surface area contributed by atoms with Crippen LogP contribution >= 0.6 is 15.9 Å². The van der Waals surface area contributed by atoms with Gasteiger partial charge in [-0.3, -0.25) is 0 Å². The SMILES string of the molecule is CCC1OCCC1c1nnc(CBr)n1C(C)(C)C. The molecule has 1 aliphatic heterocycles. The minimum absolute atomic E-state index is 0.00280. The van der Waals surface area contributed by atoms with Gasteiger partial charge in [0.15, 0.2) is 0 Å². The lowest BCUT2D eigenvalue weighted by Crippen LogP contribution is -2.29. The Bertz CT molecular complexity index is 411. The fourth-order valence-corrected chi connectivity index (χ4v) is 3.10. The molecule has 1 aliphatic rings. The molecule has 0 amide bonds. The van der Waals surface area contributed by atoms with Gasteiger partial charge in [-0.1, -0.05) is 22.9 Å². The van der Waals surface area contributed by atoms with Gasteiger partial charge in [0.05, 0.1) is 11.4 Å². The first-order valence-corrected chi connectivity index (χ1v) is 7.73. The molecule has 1 aromatic heterocycles. The molecule has 0 radical (unpaired) electrons. The molecule has 0 spiro atoms. The van der Waals surface area contributed by atoms with E-state index in [9.17, 15) is 0 Å². The number of aromatic nitrogens is 3. The molecule has 0 bridgehead atoms. The van der Waals surface area contributed by atoms with Crippen molar-refractivity contribution in [2.45, 2.75) is 63.4 Å². The van der Waals surface area contributed by atoms with E-state index in [1.54, 1.807) is 0 Å². The number of hydrogen-bond acceptors (Lipinski definition) is 3. The smallest absolute Gasteiger partial charge is 0.144 e. The van der Waals surface area contributed by atoms with Gasteiger partial charge in [-0.2, -0.15) is 0 Å². The molecule has 5 heteroatoms. The van der Waals surface area contributed by atoms with E-state index in [0.29, 0.717) is 12.0 Å². The monoisotopic (exact) mass is 315 g/mol. The molecule has 1 aromatic rings. The van der Waals surface area contributed by atoms with Gasteiger partial charge in [0.2, 0.25) is 0 Å². The summed E-state index contributed by atoms with van der Waals surface area (Å²) in [6.07, 6.45) is 2.37. The summed E-state index contributed by atoms with van der Waals surface area (Å²) in [6, 6.07) is 0. The molecular formula is C13H22BrN3O. The Balaban J connectivity index is 2.42. The standard InChI is InChI=1S/C13H22BrN3O/c1-5-10-9(6-7-18-10)12-16-15-11(8-14)17(12)13(2,3)4/h9-10H,5-8H2,1-4H3. The van der Waals surface area contributed by atoms with E-state index in [1.165, 1.54) is 0 Å². The quantitative estimate of drug-likeness (QED) is 0.804. The van der Waals surface area contributed by atoms with Crippen LogP contribution < -0.4 is 0 Å². The number of alkyl halides is 1. The second-order valence-electron chi connectivity index (χ2n) is 5.83. The third kappa shape index (κ3) is 2.48. The molecule has 0 aliphatic carbocycles. The predicted octanol–water partition coefficient (Wildman–Crippen LogP) is 3.21. The first-order chi connectivity index (χ1) is 8.49. The first-order valence-electron chi connectivity index (χ1n) is 6.61. The summed E-state index contributed by atoms with van der Waals surface area (Å²) < 4.78 is 8.05. The molecule has 18 heavy (non-hydrogen) atoms. The zero-order chi connectivity index (χ0) is 13.3. The molecular weight excluding hydrogens is 294 g/mol. The minimum Gasteiger partial charge on any atom is -0.377 e. The molecule has 0 saturated carbocycles. The highest BCUT2D eigenvalue weighted by Gasteiger charge is 2.35. The van der Waals surface area contributed by atoms with Crippen molar-refractivity contribution in [1.29, 1.82) is 0 Å². The lowest BCUT2D eigenvalue weighted by molar-refractivity contribution is 0.0981. The van der Waals surface area contributed by atoms with E-state index in [0.717, 1.165) is 36.4 Å². The average molecular weight is 316 g/mol. The molecule has 1 fully saturated rings. The lowest BCUT2D eigenvalue weighted by atomic mass is 9.97. The van der Waals surface area contributed by atoms with Gasteiger partial charge in [0.25, 0.3) is 0 Å². The van der Waals surface area contributed by atoms with E-state index < -0.39 is 0 Å². The number of nitrogens with zero attached hydrogens (tertiary/aromatic N) is 3. The molecule has 1 saturated heterocycles. The molecule has 2 heterocycles. The van der Waals surface area contributed by atoms with E-state index in [4.69, 9.17) is 4.74 Å². The lowest BCUT2D eigenvalue weighted by Gasteiger charge is -2.27. The number of halogens is 1. The highest BCUT2D eigenvalue weighted by Crippen LogP contribution is 2.34. The molecule has 2 rings (SSSR count). The van der Waals surface area contributed by atoms with Crippen molar-refractivity contribution in [2.24, 2.45) is 0 Å². The molecule has 102 valence electrons. The van der Waals surface area contributed by atoms with Crippen molar-refractivity contribution in [1.82, 2.24) is 14.8 Å². The third-order valence-electron chi connectivity index (χ3n) is 3.49. The van der Waals surface area contributed by atoms with E-state index in [2.05, 4.69) is 58.4 Å². The van der Waals surface area contributed by atoms with E-state index >= 15 is 0 Å². The molecule has 0 aromatic carbocycles. The van der Waals surface area contributed by atoms with Crippen molar-refractivity contribution in [3.63, 3.8) is 0 Å². The summed E-state index contributed by atoms with van der Waals surface area (Å²) in [5, 5.41) is 9.50. The predicted molar refractivity (Wildman–Crippen MR) is 75.0 cm³/mol. The number of ether oxygens (including phenoxy) is 1. The average Bonchev–Trinajstić information content (AvgIpc) is 2.93. The Morgan fingerprint density at radius 3 is 2.67 bits per heavy atom. The van der Waals surface area contributed by atoms with Crippen LogP contribution in [0.15, 0.2) is 0 Å². The summed E-state index contributed by atoms with van der Waals surface area (Å²) >= 11 is 3.50. The summed E-state index contributed by atoms with van der Waals surface area (Å²) in [7, 11) is 0. The maximum absolute atomic E-state index is 5.79. The van der Waals surface area contributed by atoms with Crippen LogP contribution in [0.3, 0.4) is 0 Å². The van der Waals surface area contributed by atoms with Crippen molar-refractivity contribution < 1.29 is 4.74 Å². The first kappa shape index (κ1) is 14.0. The summed E-state index contributed by atoms with van der Waals surface area (Å²) in [5.41, 5.74) is 0.00280. The van der Waals surface area contributed by atoms with Gasteiger partial charge in [-0.05, 0) is 33.6 Å². The maximum Gasteiger partial charge on any atom is 0.144 e. The summed E-state index contributed by atoms with van der Waals surface area (Å²) in [5.74, 6) is 2.47. The Kier molecular flexibility index (Phi) is 4.11. The zero-order valence-electron chi connectivity index (χ0n) is 11.6. The van der Waals surface area contributed by atoms with Gasteiger partial charge in [-0.15, -0.1) is 10.2 Å². The summed E-state index contributed by atoms with van der Waals surface area (Å²) in [6.45, 7) is 9.60. The highest BCUT2D eigenvalue weighted by molar-refractivity contribution is 9.08. The zero-order valence-corrected chi connectivity index (χ0v) is 13.2. The Hall–Kier alpha value is -0.420. The van der Waals surface area contributed by atoms with Crippen molar-refractivity contribution in [2.75, 3.05) is 6.61 Å². The van der Waals surface area contributed by atoms with Crippen LogP contribution in [0.4, 0.5) is 0 Å². The molecule has 4 nitrogen and oxygen atoms in total. The van der Waals surface area contributed by atoms with Crippen LogP contribution in [0.25, 0.3) is 0 Å². The maximum atomic E-state index is 5.79. The van der Waals surface area contributed by atoms with Gasteiger partial charge >= 0.3 is 0 Å². The normalized spacial score (nSPS) is 24.7. The number of hydrogen-bond donors (Lipinski definition) is 0. The van der Waals surface area contributed by atoms with Gasteiger partial charge in [0.1, 0.15) is 11.6 Å². The van der Waals surface area contributed by atoms with Crippen LogP contribution in [-0.2, 0) is 15.6 Å². The Labute approximate surface area is 117 Å². The number of rotatable bonds is 3. The molecule has 2 unspecified atom stereocenters. The van der Waals surface area contributed by atoms with Crippen LogP contribution in [0.1, 0.15) is 58.1 Å². The topological polar surface area (TPSA) is 39.9 Å². The van der Waals surface area contributed by atoms with Gasteiger partial charge in [-0.25, -0.2) is 0 Å². The molecule has 2 atom stereocenters. The van der Waals surface area contributed by atoms with Crippen molar-refractivity contribution in [3.8, 4) is 0 Å². The van der Waals surface area contributed by atoms with E-state index in [1.807, 2.05) is 0 Å². The van der Waals surface area contributed by atoms with Crippen LogP contribution in [0.5, 0.6) is 0 Å². The molecule has 0 N–H and O–H groups in total. The van der Waals surface area contributed by atoms with Gasteiger partial charge in [0, 0.05) is 18.1 Å². The Morgan fingerprint density at radius 1 is 1.39 bits per heavy atom. The van der Waals surface area contributed by atoms with Crippen LogP contribution in [-0.4, -0.2) is 27.5 Å². The second kappa shape index (κ2) is 5.29. The van der Waals surface area contributed by atoms with E-state index in [-0.39, 0.29) is 5.54 Å². The van der Waals surface area contributed by atoms with Crippen LogP contribution in [0, 0.1) is 0 Å². The van der Waals surface area contributed by atoms with Crippen molar-refractivity contribution >= 4 is 15.9 Å². The second-order valence-corrected chi connectivity index (χ2v) is 6.39. The largest absolute Gasteiger partial charge is 0.377 e. The van der Waals surface area contributed by atoms with Crippen molar-refractivity contribution in [3.05, 3.63) is 11.6 Å². The third-order valence-corrected chi connectivity index (χ3v) is 3.99. The van der Waals surface area contributed by atoms with Crippen LogP contribution in [0.2, 0.25) is 0 Å². The van der Waals surface area contributed by atoms with Gasteiger partial charge < -0.3 is 9.30 Å². The minimum atomic E-state index is 0.00280. The highest BCUT2D eigenvalue weighted by atomic mass is 79.9. The Morgan fingerprint density at radius 2 is 2.11 bits per heavy atom.